The number of rotatable bonds is 49. The molecule has 0 saturated carbocycles. The van der Waals surface area contributed by atoms with Gasteiger partial charge in [0.2, 0.25) is 0 Å². The second-order valence-corrected chi connectivity index (χ2v) is 14.7. The monoisotopic (exact) mass is 775 g/mol. The van der Waals surface area contributed by atoms with Crippen LogP contribution in [0.15, 0.2) is 0 Å². The Labute approximate surface area is 334 Å². The minimum absolute atomic E-state index is 0.121. The van der Waals surface area contributed by atoms with Gasteiger partial charge in [0, 0.05) is 13.0 Å². The topological polar surface area (TPSA) is 90.9 Å². The number of unbranched alkanes of at least 4 members (excludes halogenated alkanes) is 24. The van der Waals surface area contributed by atoms with Gasteiger partial charge in [-0.05, 0) is 12.8 Å². The Balaban J connectivity index is 3.12. The summed E-state index contributed by atoms with van der Waals surface area (Å²) < 4.78 is 44.1. The van der Waals surface area contributed by atoms with Gasteiger partial charge in [-0.25, -0.2) is 0 Å². The molecule has 0 aliphatic carbocycles. The number of carbonyl (C=O) groups excluding carboxylic acids is 1. The highest BCUT2D eigenvalue weighted by Crippen LogP contribution is 2.14. The van der Waals surface area contributed by atoms with Crippen LogP contribution in [0.1, 0.15) is 187 Å². The third-order valence-corrected chi connectivity index (χ3v) is 9.60. The van der Waals surface area contributed by atoms with Crippen molar-refractivity contribution in [2.75, 3.05) is 99.1 Å². The van der Waals surface area contributed by atoms with Gasteiger partial charge in [-0.15, -0.1) is 0 Å². The zero-order valence-electron chi connectivity index (χ0n) is 35.9. The SMILES string of the molecule is CCCCCCCCCCCCCCCCCC(=O)OCCOCCOCCOCCOCCOCCOCCOCCCCCCCCCCCCC. The third-order valence-electron chi connectivity index (χ3n) is 9.60. The zero-order chi connectivity index (χ0) is 38.9. The molecule has 9 nitrogen and oxygen atoms in total. The van der Waals surface area contributed by atoms with Crippen LogP contribution in [0.25, 0.3) is 0 Å². The van der Waals surface area contributed by atoms with Crippen LogP contribution in [0.2, 0.25) is 0 Å². The Morgan fingerprint density at radius 3 is 0.778 bits per heavy atom. The van der Waals surface area contributed by atoms with Crippen LogP contribution >= 0.6 is 0 Å². The normalized spacial score (nSPS) is 11.5. The molecule has 0 amide bonds. The Morgan fingerprint density at radius 1 is 0.259 bits per heavy atom. The van der Waals surface area contributed by atoms with E-state index >= 15 is 0 Å². The molecule has 0 radical (unpaired) electrons. The average molecular weight is 775 g/mol. The van der Waals surface area contributed by atoms with E-state index in [2.05, 4.69) is 13.8 Å². The van der Waals surface area contributed by atoms with Gasteiger partial charge < -0.3 is 37.9 Å². The molecule has 0 aliphatic rings. The lowest BCUT2D eigenvalue weighted by molar-refractivity contribution is -0.145. The van der Waals surface area contributed by atoms with Gasteiger partial charge in [0.25, 0.3) is 0 Å². The highest BCUT2D eigenvalue weighted by molar-refractivity contribution is 5.69. The molecule has 0 aliphatic heterocycles. The molecule has 0 N–H and O–H groups in total. The van der Waals surface area contributed by atoms with Crippen LogP contribution in [0.4, 0.5) is 0 Å². The van der Waals surface area contributed by atoms with Crippen LogP contribution in [0, 0.1) is 0 Å². The van der Waals surface area contributed by atoms with Crippen LogP contribution < -0.4 is 0 Å². The Morgan fingerprint density at radius 2 is 0.481 bits per heavy atom. The van der Waals surface area contributed by atoms with Gasteiger partial charge in [-0.2, -0.15) is 0 Å². The molecule has 0 fully saturated rings. The van der Waals surface area contributed by atoms with Crippen molar-refractivity contribution >= 4 is 5.97 Å². The summed E-state index contributed by atoms with van der Waals surface area (Å²) in [4.78, 5) is 11.9. The van der Waals surface area contributed by atoms with Crippen LogP contribution in [0.5, 0.6) is 0 Å². The Kier molecular flexibility index (Phi) is 49.5. The van der Waals surface area contributed by atoms with Crippen molar-refractivity contribution in [3.8, 4) is 0 Å². The first-order valence-corrected chi connectivity index (χ1v) is 23.0. The lowest BCUT2D eigenvalue weighted by atomic mass is 10.0. The number of esters is 1. The van der Waals surface area contributed by atoms with Gasteiger partial charge in [0.05, 0.1) is 85.9 Å². The Bertz CT molecular complexity index is 682. The first-order chi connectivity index (χ1) is 26.8. The van der Waals surface area contributed by atoms with E-state index in [1.807, 2.05) is 0 Å². The first-order valence-electron chi connectivity index (χ1n) is 23.0. The maximum absolute atomic E-state index is 11.9. The molecular weight excluding hydrogens is 684 g/mol. The highest BCUT2D eigenvalue weighted by Gasteiger charge is 2.03. The first kappa shape index (κ1) is 53.2. The number of hydrogen-bond donors (Lipinski definition) is 0. The molecule has 0 unspecified atom stereocenters. The number of hydrogen-bond acceptors (Lipinski definition) is 9. The van der Waals surface area contributed by atoms with E-state index in [-0.39, 0.29) is 5.97 Å². The van der Waals surface area contributed by atoms with Crippen molar-refractivity contribution < 1.29 is 42.7 Å². The molecule has 0 aromatic rings. The molecule has 0 rings (SSSR count). The summed E-state index contributed by atoms with van der Waals surface area (Å²) in [5.41, 5.74) is 0. The second-order valence-electron chi connectivity index (χ2n) is 14.7. The maximum Gasteiger partial charge on any atom is 0.305 e. The molecule has 0 saturated heterocycles. The lowest BCUT2D eigenvalue weighted by Crippen LogP contribution is -2.15. The van der Waals surface area contributed by atoms with E-state index in [1.165, 1.54) is 148 Å². The van der Waals surface area contributed by atoms with Gasteiger partial charge in [-0.3, -0.25) is 4.79 Å². The summed E-state index contributed by atoms with van der Waals surface area (Å²) in [6.07, 6.45) is 35.2. The minimum Gasteiger partial charge on any atom is -0.463 e. The number of carbonyl (C=O) groups is 1. The molecule has 0 aromatic heterocycles. The number of ether oxygens (including phenoxy) is 8. The molecule has 324 valence electrons. The van der Waals surface area contributed by atoms with E-state index in [0.717, 1.165) is 25.9 Å². The largest absolute Gasteiger partial charge is 0.463 e. The molecule has 0 aromatic carbocycles. The molecular formula is C45H90O9. The highest BCUT2D eigenvalue weighted by atomic mass is 16.6. The summed E-state index contributed by atoms with van der Waals surface area (Å²) >= 11 is 0. The fraction of sp³-hybridized carbons (Fsp3) is 0.978. The predicted molar refractivity (Wildman–Crippen MR) is 223 cm³/mol. The van der Waals surface area contributed by atoms with E-state index in [0.29, 0.717) is 98.9 Å². The van der Waals surface area contributed by atoms with E-state index in [4.69, 9.17) is 37.9 Å². The zero-order valence-corrected chi connectivity index (χ0v) is 35.9. The maximum atomic E-state index is 11.9. The van der Waals surface area contributed by atoms with E-state index in [9.17, 15) is 4.79 Å². The van der Waals surface area contributed by atoms with Crippen molar-refractivity contribution in [2.45, 2.75) is 187 Å². The van der Waals surface area contributed by atoms with Crippen LogP contribution in [-0.4, -0.2) is 105 Å². The molecule has 54 heavy (non-hydrogen) atoms. The quantitative estimate of drug-likeness (QED) is 0.0442. The van der Waals surface area contributed by atoms with Crippen molar-refractivity contribution in [3.63, 3.8) is 0 Å². The smallest absolute Gasteiger partial charge is 0.305 e. The van der Waals surface area contributed by atoms with Gasteiger partial charge in [0.15, 0.2) is 0 Å². The van der Waals surface area contributed by atoms with Gasteiger partial charge >= 0.3 is 5.97 Å². The third kappa shape index (κ3) is 49.2. The molecule has 0 atom stereocenters. The summed E-state index contributed by atoms with van der Waals surface area (Å²) in [5, 5.41) is 0. The fourth-order valence-electron chi connectivity index (χ4n) is 6.22. The summed E-state index contributed by atoms with van der Waals surface area (Å²) in [6, 6.07) is 0. The summed E-state index contributed by atoms with van der Waals surface area (Å²) in [7, 11) is 0. The van der Waals surface area contributed by atoms with Crippen molar-refractivity contribution in [2.24, 2.45) is 0 Å². The standard InChI is InChI=1S/C45H90O9/c1-3-5-7-9-11-13-15-16-17-18-19-21-23-25-27-29-45(46)54-44-43-53-42-41-52-40-39-51-38-37-50-36-35-49-34-33-48-32-31-47-30-28-26-24-22-20-14-12-10-8-6-4-2/h3-44H2,1-2H3. The van der Waals surface area contributed by atoms with Crippen molar-refractivity contribution in [1.82, 2.24) is 0 Å². The molecule has 0 heterocycles. The summed E-state index contributed by atoms with van der Waals surface area (Å²) in [6.45, 7) is 12.6. The summed E-state index contributed by atoms with van der Waals surface area (Å²) in [5.74, 6) is -0.121. The van der Waals surface area contributed by atoms with Crippen molar-refractivity contribution in [1.29, 1.82) is 0 Å². The van der Waals surface area contributed by atoms with E-state index in [1.54, 1.807) is 0 Å². The van der Waals surface area contributed by atoms with E-state index < -0.39 is 0 Å². The molecule has 0 bridgehead atoms. The Hall–Kier alpha value is -0.810. The molecule has 0 spiro atoms. The fourth-order valence-corrected chi connectivity index (χ4v) is 6.22. The second kappa shape index (κ2) is 50.2. The lowest BCUT2D eigenvalue weighted by Gasteiger charge is -2.09. The van der Waals surface area contributed by atoms with Gasteiger partial charge in [-0.1, -0.05) is 168 Å². The van der Waals surface area contributed by atoms with Crippen molar-refractivity contribution in [3.05, 3.63) is 0 Å². The van der Waals surface area contributed by atoms with Crippen LogP contribution in [0.3, 0.4) is 0 Å². The average Bonchev–Trinajstić information content (AvgIpc) is 3.18. The van der Waals surface area contributed by atoms with Gasteiger partial charge in [0.1, 0.15) is 6.61 Å². The minimum atomic E-state index is -0.121. The van der Waals surface area contributed by atoms with Crippen LogP contribution in [-0.2, 0) is 42.7 Å². The molecule has 9 heteroatoms. The predicted octanol–water partition coefficient (Wildman–Crippen LogP) is 11.2.